The molecule has 0 bridgehead atoms. The fourth-order valence-electron chi connectivity index (χ4n) is 3.53. The van der Waals surface area contributed by atoms with Crippen molar-refractivity contribution in [2.24, 2.45) is 5.92 Å². The lowest BCUT2D eigenvalue weighted by Crippen LogP contribution is -2.51. The average molecular weight is 389 g/mol. The lowest BCUT2D eigenvalue weighted by Gasteiger charge is -2.39. The second kappa shape index (κ2) is 9.75. The first-order valence-electron chi connectivity index (χ1n) is 9.67. The molecule has 1 aliphatic rings. The van der Waals surface area contributed by atoms with Gasteiger partial charge in [0.2, 0.25) is 0 Å². The van der Waals surface area contributed by atoms with Crippen LogP contribution in [0.2, 0.25) is 0 Å². The first kappa shape index (κ1) is 20.4. The van der Waals surface area contributed by atoms with Gasteiger partial charge in [-0.25, -0.2) is 4.39 Å². The first-order chi connectivity index (χ1) is 13.6. The van der Waals surface area contributed by atoms with E-state index < -0.39 is 12.3 Å². The van der Waals surface area contributed by atoms with Crippen molar-refractivity contribution in [3.63, 3.8) is 0 Å². The fourth-order valence-corrected chi connectivity index (χ4v) is 3.53. The molecule has 1 fully saturated rings. The molecule has 0 spiro atoms. The maximum atomic E-state index is 13.0. The number of aliphatic hydroxyl groups excluding tert-OH is 1. The quantitative estimate of drug-likeness (QED) is 0.746. The molecule has 28 heavy (non-hydrogen) atoms. The minimum atomic E-state index is -0.665. The molecule has 0 radical (unpaired) electrons. The maximum Gasteiger partial charge on any atom is 0.178 e. The lowest BCUT2D eigenvalue weighted by molar-refractivity contribution is -0.0770. The normalized spacial score (nSPS) is 19.6. The van der Waals surface area contributed by atoms with E-state index in [1.54, 1.807) is 26.2 Å². The topological polar surface area (TPSA) is 51.2 Å². The molecule has 6 heteroatoms. The number of aliphatic hydroxyl groups is 1. The molecule has 0 aromatic heterocycles. The highest BCUT2D eigenvalue weighted by atomic mass is 19.1. The molecule has 1 N–H and O–H groups in total. The molecular formula is C22H28FNO4. The summed E-state index contributed by atoms with van der Waals surface area (Å²) in [6.45, 7) is 3.88. The smallest absolute Gasteiger partial charge is 0.178 e. The van der Waals surface area contributed by atoms with Crippen molar-refractivity contribution in [2.45, 2.75) is 32.1 Å². The molecule has 2 aromatic rings. The van der Waals surface area contributed by atoms with Gasteiger partial charge in [0.15, 0.2) is 17.7 Å². The zero-order valence-electron chi connectivity index (χ0n) is 16.4. The van der Waals surface area contributed by atoms with Gasteiger partial charge in [0.1, 0.15) is 17.7 Å². The number of para-hydroxylation sites is 2. The van der Waals surface area contributed by atoms with Crippen LogP contribution >= 0.6 is 0 Å². The van der Waals surface area contributed by atoms with Gasteiger partial charge >= 0.3 is 0 Å². The number of halogens is 1. The SMILES string of the molecule is COc1ccccc1OC(C(C)O)N1CCCC(COc2ccc(F)cc2)C1. The van der Waals surface area contributed by atoms with Gasteiger partial charge in [-0.2, -0.15) is 0 Å². The first-order valence-corrected chi connectivity index (χ1v) is 9.67. The van der Waals surface area contributed by atoms with E-state index in [4.69, 9.17) is 14.2 Å². The van der Waals surface area contributed by atoms with Crippen LogP contribution in [0, 0.1) is 11.7 Å². The Bertz CT molecular complexity index is 738. The second-order valence-corrected chi connectivity index (χ2v) is 7.17. The Hall–Kier alpha value is -2.31. The second-order valence-electron chi connectivity index (χ2n) is 7.17. The van der Waals surface area contributed by atoms with Crippen LogP contribution < -0.4 is 14.2 Å². The van der Waals surface area contributed by atoms with Gasteiger partial charge in [-0.15, -0.1) is 0 Å². The predicted molar refractivity (Wildman–Crippen MR) is 105 cm³/mol. The Kier molecular flexibility index (Phi) is 7.12. The molecule has 0 aliphatic carbocycles. The summed E-state index contributed by atoms with van der Waals surface area (Å²) in [4.78, 5) is 2.15. The number of ether oxygens (including phenoxy) is 3. The number of rotatable bonds is 8. The van der Waals surface area contributed by atoms with E-state index in [9.17, 15) is 9.50 Å². The third kappa shape index (κ3) is 5.36. The summed E-state index contributed by atoms with van der Waals surface area (Å²) in [7, 11) is 1.60. The van der Waals surface area contributed by atoms with Gasteiger partial charge in [0.25, 0.3) is 0 Å². The number of benzene rings is 2. The molecule has 2 aromatic carbocycles. The Balaban J connectivity index is 1.62. The van der Waals surface area contributed by atoms with Crippen LogP contribution in [0.25, 0.3) is 0 Å². The average Bonchev–Trinajstić information content (AvgIpc) is 2.72. The monoisotopic (exact) mass is 389 g/mol. The van der Waals surface area contributed by atoms with E-state index in [0.29, 0.717) is 29.8 Å². The summed E-state index contributed by atoms with van der Waals surface area (Å²) in [5.74, 6) is 1.95. The summed E-state index contributed by atoms with van der Waals surface area (Å²) >= 11 is 0. The van der Waals surface area contributed by atoms with Crippen LogP contribution in [-0.2, 0) is 0 Å². The number of hydrogen-bond donors (Lipinski definition) is 1. The van der Waals surface area contributed by atoms with E-state index in [1.807, 2.05) is 24.3 Å². The molecule has 0 amide bonds. The third-order valence-electron chi connectivity index (χ3n) is 4.94. The van der Waals surface area contributed by atoms with E-state index in [1.165, 1.54) is 12.1 Å². The van der Waals surface area contributed by atoms with Gasteiger partial charge in [-0.3, -0.25) is 4.90 Å². The molecular weight excluding hydrogens is 361 g/mol. The van der Waals surface area contributed by atoms with Gasteiger partial charge in [-0.05, 0) is 56.2 Å². The van der Waals surface area contributed by atoms with Crippen LogP contribution in [0.1, 0.15) is 19.8 Å². The Morgan fingerprint density at radius 3 is 2.54 bits per heavy atom. The number of hydrogen-bond acceptors (Lipinski definition) is 5. The van der Waals surface area contributed by atoms with Crippen molar-refractivity contribution in [1.29, 1.82) is 0 Å². The van der Waals surface area contributed by atoms with Crippen molar-refractivity contribution in [2.75, 3.05) is 26.8 Å². The zero-order valence-corrected chi connectivity index (χ0v) is 16.4. The number of likely N-dealkylation sites (tertiary alicyclic amines) is 1. The highest BCUT2D eigenvalue weighted by Crippen LogP contribution is 2.29. The van der Waals surface area contributed by atoms with Gasteiger partial charge in [0, 0.05) is 19.0 Å². The van der Waals surface area contributed by atoms with Crippen molar-refractivity contribution in [3.05, 3.63) is 54.3 Å². The molecule has 1 heterocycles. The van der Waals surface area contributed by atoms with Crippen LogP contribution in [0.4, 0.5) is 4.39 Å². The molecule has 1 saturated heterocycles. The van der Waals surface area contributed by atoms with Crippen molar-refractivity contribution < 1.29 is 23.7 Å². The summed E-state index contributed by atoms with van der Waals surface area (Å²) in [5, 5.41) is 10.3. The maximum absolute atomic E-state index is 13.0. The van der Waals surface area contributed by atoms with Gasteiger partial charge in [-0.1, -0.05) is 12.1 Å². The molecule has 3 rings (SSSR count). The molecule has 152 valence electrons. The third-order valence-corrected chi connectivity index (χ3v) is 4.94. The minimum absolute atomic E-state index is 0.274. The van der Waals surface area contributed by atoms with Crippen LogP contribution in [-0.4, -0.2) is 49.1 Å². The zero-order chi connectivity index (χ0) is 19.9. The van der Waals surface area contributed by atoms with Gasteiger partial charge in [0.05, 0.1) is 13.7 Å². The van der Waals surface area contributed by atoms with E-state index in [-0.39, 0.29) is 5.82 Å². The number of nitrogens with zero attached hydrogens (tertiary/aromatic N) is 1. The largest absolute Gasteiger partial charge is 0.493 e. The lowest BCUT2D eigenvalue weighted by atomic mass is 9.98. The number of methoxy groups -OCH3 is 1. The highest BCUT2D eigenvalue weighted by molar-refractivity contribution is 5.39. The minimum Gasteiger partial charge on any atom is -0.493 e. The number of piperidine rings is 1. The summed E-state index contributed by atoms with van der Waals surface area (Å²) in [5.41, 5.74) is 0. The van der Waals surface area contributed by atoms with Crippen molar-refractivity contribution in [3.8, 4) is 17.2 Å². The molecule has 3 atom stereocenters. The Morgan fingerprint density at radius 2 is 1.86 bits per heavy atom. The van der Waals surface area contributed by atoms with E-state index in [2.05, 4.69) is 4.90 Å². The standard InChI is InChI=1S/C22H28FNO4/c1-16(25)22(28-21-8-4-3-7-20(21)26-2)24-13-5-6-17(14-24)15-27-19-11-9-18(23)10-12-19/h3-4,7-12,16-17,22,25H,5-6,13-15H2,1-2H3. The van der Waals surface area contributed by atoms with Crippen molar-refractivity contribution in [1.82, 2.24) is 4.90 Å². The van der Waals surface area contributed by atoms with Crippen LogP contribution in [0.5, 0.6) is 17.2 Å². The molecule has 0 saturated carbocycles. The Morgan fingerprint density at radius 1 is 1.14 bits per heavy atom. The van der Waals surface area contributed by atoms with E-state index >= 15 is 0 Å². The molecule has 3 unspecified atom stereocenters. The predicted octanol–water partition coefficient (Wildman–Crippen LogP) is 3.71. The Labute approximate surface area is 165 Å². The summed E-state index contributed by atoms with van der Waals surface area (Å²) in [6, 6.07) is 13.5. The fraction of sp³-hybridized carbons (Fsp3) is 0.455. The van der Waals surface area contributed by atoms with Gasteiger partial charge < -0.3 is 19.3 Å². The van der Waals surface area contributed by atoms with Crippen LogP contribution in [0.15, 0.2) is 48.5 Å². The molecule has 5 nitrogen and oxygen atoms in total. The van der Waals surface area contributed by atoms with E-state index in [0.717, 1.165) is 25.9 Å². The summed E-state index contributed by atoms with van der Waals surface area (Å²) < 4.78 is 30.3. The molecule has 1 aliphatic heterocycles. The summed E-state index contributed by atoms with van der Waals surface area (Å²) in [6.07, 6.45) is 0.904. The van der Waals surface area contributed by atoms with Crippen molar-refractivity contribution >= 4 is 0 Å². The highest BCUT2D eigenvalue weighted by Gasteiger charge is 2.31. The van der Waals surface area contributed by atoms with Crippen LogP contribution in [0.3, 0.4) is 0 Å².